The molecule has 2 fully saturated rings. The summed E-state index contributed by atoms with van der Waals surface area (Å²) < 4.78 is 22.7. The molecule has 158 valence electrons. The normalized spacial score (nSPS) is 23.8. The lowest BCUT2D eigenvalue weighted by Gasteiger charge is -2.38. The van der Waals surface area contributed by atoms with Crippen molar-refractivity contribution < 1.29 is 9.13 Å². The lowest BCUT2D eigenvalue weighted by molar-refractivity contribution is 0.0767. The zero-order valence-corrected chi connectivity index (χ0v) is 17.0. The second-order valence-corrected chi connectivity index (χ2v) is 8.49. The first-order valence-corrected chi connectivity index (χ1v) is 10.9. The topological polar surface area (TPSA) is 51.8 Å². The van der Waals surface area contributed by atoms with E-state index in [1.165, 1.54) is 18.9 Å². The minimum atomic E-state index is -0.292. The van der Waals surface area contributed by atoms with E-state index in [0.717, 1.165) is 25.8 Å². The molecule has 3 aromatic rings. The number of ether oxygens (including phenoxy) is 1. The molecule has 0 N–H and O–H groups in total. The van der Waals surface area contributed by atoms with E-state index in [4.69, 9.17) is 4.74 Å². The van der Waals surface area contributed by atoms with Gasteiger partial charge in [0.15, 0.2) is 17.2 Å². The monoisotopic (exact) mass is 410 g/mol. The van der Waals surface area contributed by atoms with Crippen molar-refractivity contribution in [1.82, 2.24) is 19.1 Å². The molecule has 0 saturated carbocycles. The lowest BCUT2D eigenvalue weighted by atomic mass is 9.91. The summed E-state index contributed by atoms with van der Waals surface area (Å²) in [6.45, 7) is 2.20. The van der Waals surface area contributed by atoms with Crippen LogP contribution >= 0.6 is 0 Å². The van der Waals surface area contributed by atoms with Crippen LogP contribution in [0.2, 0.25) is 0 Å². The predicted octanol–water partition coefficient (Wildman–Crippen LogP) is 3.35. The number of para-hydroxylation sites is 1. The number of aryl methyl sites for hydroxylation is 1. The van der Waals surface area contributed by atoms with E-state index in [1.807, 2.05) is 18.2 Å². The Hall–Kier alpha value is -2.67. The molecule has 30 heavy (non-hydrogen) atoms. The maximum absolute atomic E-state index is 13.8. The van der Waals surface area contributed by atoms with E-state index in [0.29, 0.717) is 42.5 Å². The van der Waals surface area contributed by atoms with Crippen LogP contribution in [0.5, 0.6) is 5.75 Å². The molecule has 0 radical (unpaired) electrons. The van der Waals surface area contributed by atoms with Crippen molar-refractivity contribution in [3.63, 3.8) is 0 Å². The molecule has 6 nitrogen and oxygen atoms in total. The summed E-state index contributed by atoms with van der Waals surface area (Å²) >= 11 is 0. The highest BCUT2D eigenvalue weighted by Crippen LogP contribution is 2.39. The fourth-order valence-corrected chi connectivity index (χ4v) is 5.17. The number of fused-ring (bicyclic) bond motifs is 3. The number of hydrogen-bond donors (Lipinski definition) is 0. The Kier molecular flexibility index (Phi) is 5.29. The van der Waals surface area contributed by atoms with Crippen LogP contribution < -0.4 is 10.4 Å². The highest BCUT2D eigenvalue weighted by molar-refractivity contribution is 5.35. The molecule has 0 amide bonds. The van der Waals surface area contributed by atoms with Gasteiger partial charge in [-0.3, -0.25) is 9.30 Å². The standard InChI is InChI=1S/C23H27FN4O2/c24-20-6-1-2-7-21(20)30-16-17-14-18-9-10-19(15-17)26(18)12-5-13-28-23(29)27-11-4-3-8-22(27)25-28/h1-4,6-8,11,17-19H,5,9-10,12-16H2. The third kappa shape index (κ3) is 3.74. The summed E-state index contributed by atoms with van der Waals surface area (Å²) in [7, 11) is 0. The SMILES string of the molecule is O=c1n(CCCN2C3CCC2CC(COc2ccccc2F)C3)nc2ccccn12. The van der Waals surface area contributed by atoms with Gasteiger partial charge in [0, 0.05) is 31.4 Å². The minimum absolute atomic E-state index is 0.0717. The van der Waals surface area contributed by atoms with Gasteiger partial charge in [0.05, 0.1) is 6.61 Å². The minimum Gasteiger partial charge on any atom is -0.490 e. The molecule has 2 bridgehead atoms. The molecule has 2 saturated heterocycles. The van der Waals surface area contributed by atoms with Crippen molar-refractivity contribution in [3.05, 3.63) is 65.0 Å². The van der Waals surface area contributed by atoms with E-state index in [1.54, 1.807) is 33.5 Å². The van der Waals surface area contributed by atoms with Crippen molar-refractivity contribution >= 4 is 5.65 Å². The van der Waals surface area contributed by atoms with Crippen LogP contribution in [0.25, 0.3) is 5.65 Å². The van der Waals surface area contributed by atoms with Gasteiger partial charge in [0.25, 0.3) is 0 Å². The highest BCUT2D eigenvalue weighted by atomic mass is 19.1. The molecule has 5 rings (SSSR count). The Bertz CT molecular complexity index is 1060. The Morgan fingerprint density at radius 3 is 2.57 bits per heavy atom. The summed E-state index contributed by atoms with van der Waals surface area (Å²) in [5, 5.41) is 4.42. The van der Waals surface area contributed by atoms with Crippen LogP contribution in [0.1, 0.15) is 32.1 Å². The molecule has 1 aromatic carbocycles. The zero-order chi connectivity index (χ0) is 20.5. The molecule has 4 heterocycles. The molecule has 2 atom stereocenters. The molecule has 2 aliphatic rings. The van der Waals surface area contributed by atoms with Crippen LogP contribution in [-0.4, -0.2) is 44.3 Å². The molecule has 7 heteroatoms. The van der Waals surface area contributed by atoms with Crippen LogP contribution in [0, 0.1) is 11.7 Å². The third-order valence-corrected chi connectivity index (χ3v) is 6.57. The van der Waals surface area contributed by atoms with Crippen LogP contribution in [0.4, 0.5) is 4.39 Å². The summed E-state index contributed by atoms with van der Waals surface area (Å²) in [6.07, 6.45) is 7.30. The van der Waals surface area contributed by atoms with Crippen molar-refractivity contribution in [2.45, 2.75) is 50.7 Å². The number of nitrogens with zero attached hydrogens (tertiary/aromatic N) is 4. The summed E-state index contributed by atoms with van der Waals surface area (Å²) in [5.74, 6) is 0.532. The number of piperidine rings is 1. The number of aromatic nitrogens is 3. The first-order chi connectivity index (χ1) is 14.7. The average molecular weight is 410 g/mol. The third-order valence-electron chi connectivity index (χ3n) is 6.57. The van der Waals surface area contributed by atoms with Crippen molar-refractivity contribution in [3.8, 4) is 5.75 Å². The van der Waals surface area contributed by atoms with E-state index >= 15 is 0 Å². The molecule has 2 unspecified atom stereocenters. The molecule has 2 aliphatic heterocycles. The van der Waals surface area contributed by atoms with Gasteiger partial charge in [-0.2, -0.15) is 0 Å². The number of benzene rings is 1. The molecular weight excluding hydrogens is 383 g/mol. The van der Waals surface area contributed by atoms with Gasteiger partial charge in [-0.25, -0.2) is 13.9 Å². The molecule has 2 aromatic heterocycles. The van der Waals surface area contributed by atoms with Crippen molar-refractivity contribution in [1.29, 1.82) is 0 Å². The maximum Gasteiger partial charge on any atom is 0.350 e. The van der Waals surface area contributed by atoms with Crippen LogP contribution in [0.3, 0.4) is 0 Å². The van der Waals surface area contributed by atoms with Gasteiger partial charge in [0.2, 0.25) is 0 Å². The maximum atomic E-state index is 13.8. The second-order valence-electron chi connectivity index (χ2n) is 8.49. The van der Waals surface area contributed by atoms with E-state index < -0.39 is 0 Å². The molecule has 0 aliphatic carbocycles. The Morgan fingerprint density at radius 2 is 1.80 bits per heavy atom. The van der Waals surface area contributed by atoms with E-state index in [-0.39, 0.29) is 11.5 Å². The number of rotatable bonds is 7. The molecule has 0 spiro atoms. The van der Waals surface area contributed by atoms with Crippen LogP contribution in [0.15, 0.2) is 53.5 Å². The van der Waals surface area contributed by atoms with Gasteiger partial charge in [0.1, 0.15) is 0 Å². The quantitative estimate of drug-likeness (QED) is 0.600. The lowest BCUT2D eigenvalue weighted by Crippen LogP contribution is -2.44. The van der Waals surface area contributed by atoms with Gasteiger partial charge in [-0.1, -0.05) is 18.2 Å². The number of halogens is 1. The summed E-state index contributed by atoms with van der Waals surface area (Å²) in [4.78, 5) is 15.0. The predicted molar refractivity (Wildman–Crippen MR) is 112 cm³/mol. The fourth-order valence-electron chi connectivity index (χ4n) is 5.17. The Balaban J connectivity index is 1.14. The van der Waals surface area contributed by atoms with Gasteiger partial charge in [-0.05, 0) is 62.3 Å². The Morgan fingerprint density at radius 1 is 1.03 bits per heavy atom. The second kappa shape index (κ2) is 8.22. The highest BCUT2D eigenvalue weighted by Gasteiger charge is 2.40. The average Bonchev–Trinajstić information content (AvgIpc) is 3.19. The first kappa shape index (κ1) is 19.3. The summed E-state index contributed by atoms with van der Waals surface area (Å²) in [5.41, 5.74) is 0.621. The first-order valence-electron chi connectivity index (χ1n) is 10.9. The smallest absolute Gasteiger partial charge is 0.350 e. The Labute approximate surface area is 174 Å². The van der Waals surface area contributed by atoms with Crippen molar-refractivity contribution in [2.75, 3.05) is 13.2 Å². The number of hydrogen-bond acceptors (Lipinski definition) is 4. The van der Waals surface area contributed by atoms with Gasteiger partial charge in [-0.15, -0.1) is 5.10 Å². The molecular formula is C23H27FN4O2. The zero-order valence-electron chi connectivity index (χ0n) is 17.0. The largest absolute Gasteiger partial charge is 0.490 e. The van der Waals surface area contributed by atoms with Gasteiger partial charge < -0.3 is 4.74 Å². The fraction of sp³-hybridized carbons (Fsp3) is 0.478. The van der Waals surface area contributed by atoms with Crippen molar-refractivity contribution in [2.24, 2.45) is 5.92 Å². The van der Waals surface area contributed by atoms with E-state index in [9.17, 15) is 9.18 Å². The van der Waals surface area contributed by atoms with E-state index in [2.05, 4.69) is 10.00 Å². The van der Waals surface area contributed by atoms with Gasteiger partial charge >= 0.3 is 5.69 Å². The summed E-state index contributed by atoms with van der Waals surface area (Å²) in [6, 6.07) is 13.3. The van der Waals surface area contributed by atoms with Crippen LogP contribution in [-0.2, 0) is 6.54 Å². The number of pyridine rings is 1.